The largest absolute Gasteiger partial charge is 0.465 e. The second-order valence-electron chi connectivity index (χ2n) is 3.07. The Morgan fingerprint density at radius 3 is 2.64 bits per heavy atom. The van der Waals surface area contributed by atoms with Crippen LogP contribution in [0, 0.1) is 6.92 Å². The molecular formula is C10H14N2O2. The van der Waals surface area contributed by atoms with Gasteiger partial charge in [0.15, 0.2) is 0 Å². The third kappa shape index (κ3) is 1.85. The van der Waals surface area contributed by atoms with Crippen LogP contribution in [0.4, 0.5) is 5.69 Å². The fraction of sp³-hybridized carbons (Fsp3) is 0.300. The number of hydrogen-bond donors (Lipinski definition) is 1. The van der Waals surface area contributed by atoms with Crippen LogP contribution < -0.4 is 10.9 Å². The van der Waals surface area contributed by atoms with Crippen LogP contribution in [0.15, 0.2) is 18.2 Å². The van der Waals surface area contributed by atoms with Crippen LogP contribution in [0.25, 0.3) is 0 Å². The van der Waals surface area contributed by atoms with Crippen molar-refractivity contribution >= 4 is 11.7 Å². The Balaban J connectivity index is 3.29. The minimum Gasteiger partial charge on any atom is -0.465 e. The number of benzene rings is 1. The van der Waals surface area contributed by atoms with E-state index in [0.29, 0.717) is 11.3 Å². The molecule has 76 valence electrons. The zero-order chi connectivity index (χ0) is 10.7. The highest BCUT2D eigenvalue weighted by Crippen LogP contribution is 2.21. The molecule has 0 aliphatic heterocycles. The predicted molar refractivity (Wildman–Crippen MR) is 55.1 cm³/mol. The van der Waals surface area contributed by atoms with Gasteiger partial charge in [0.1, 0.15) is 0 Å². The van der Waals surface area contributed by atoms with Crippen LogP contribution in [0.2, 0.25) is 0 Å². The van der Waals surface area contributed by atoms with E-state index in [1.54, 1.807) is 13.1 Å². The summed E-state index contributed by atoms with van der Waals surface area (Å²) in [5.41, 5.74) is 2.03. The van der Waals surface area contributed by atoms with Gasteiger partial charge < -0.3 is 9.75 Å². The molecule has 2 N–H and O–H groups in total. The van der Waals surface area contributed by atoms with Crippen molar-refractivity contribution < 1.29 is 9.53 Å². The Morgan fingerprint density at radius 2 is 2.14 bits per heavy atom. The maximum Gasteiger partial charge on any atom is 0.340 e. The Hall–Kier alpha value is -1.55. The smallest absolute Gasteiger partial charge is 0.340 e. The summed E-state index contributed by atoms with van der Waals surface area (Å²) in [5, 5.41) is 1.40. The van der Waals surface area contributed by atoms with Gasteiger partial charge in [0.25, 0.3) is 0 Å². The number of nitrogens with two attached hydrogens (primary N) is 1. The number of anilines is 1. The highest BCUT2D eigenvalue weighted by molar-refractivity contribution is 5.97. The topological polar surface area (TPSA) is 55.6 Å². The molecule has 0 fully saturated rings. The van der Waals surface area contributed by atoms with E-state index in [4.69, 9.17) is 5.84 Å². The van der Waals surface area contributed by atoms with E-state index in [2.05, 4.69) is 4.74 Å². The van der Waals surface area contributed by atoms with Gasteiger partial charge in [-0.3, -0.25) is 0 Å². The van der Waals surface area contributed by atoms with Gasteiger partial charge in [0, 0.05) is 7.05 Å². The lowest BCUT2D eigenvalue weighted by molar-refractivity contribution is 0.0600. The summed E-state index contributed by atoms with van der Waals surface area (Å²) in [6.07, 6.45) is 0. The average molecular weight is 194 g/mol. The van der Waals surface area contributed by atoms with Crippen molar-refractivity contribution in [1.82, 2.24) is 0 Å². The summed E-state index contributed by atoms with van der Waals surface area (Å²) in [5.74, 6) is 5.24. The maximum atomic E-state index is 11.5. The second kappa shape index (κ2) is 4.11. The van der Waals surface area contributed by atoms with E-state index < -0.39 is 0 Å². The number of aryl methyl sites for hydroxylation is 1. The summed E-state index contributed by atoms with van der Waals surface area (Å²) >= 11 is 0. The Kier molecular flexibility index (Phi) is 3.09. The summed E-state index contributed by atoms with van der Waals surface area (Å²) < 4.78 is 4.69. The van der Waals surface area contributed by atoms with Crippen molar-refractivity contribution in [2.75, 3.05) is 19.2 Å². The van der Waals surface area contributed by atoms with E-state index >= 15 is 0 Å². The second-order valence-corrected chi connectivity index (χ2v) is 3.07. The highest BCUT2D eigenvalue weighted by Gasteiger charge is 2.15. The summed E-state index contributed by atoms with van der Waals surface area (Å²) in [7, 11) is 3.04. The maximum absolute atomic E-state index is 11.5. The molecule has 0 aliphatic rings. The molecule has 1 aromatic carbocycles. The van der Waals surface area contributed by atoms with Gasteiger partial charge >= 0.3 is 5.97 Å². The number of rotatable bonds is 2. The van der Waals surface area contributed by atoms with Crippen molar-refractivity contribution in [2.24, 2.45) is 5.84 Å². The molecule has 0 saturated carbocycles. The molecule has 0 aromatic heterocycles. The number of methoxy groups -OCH3 is 1. The van der Waals surface area contributed by atoms with Crippen molar-refractivity contribution in [1.29, 1.82) is 0 Å². The number of carbonyl (C=O) groups excluding carboxylic acids is 1. The molecule has 0 bridgehead atoms. The molecule has 4 nitrogen and oxygen atoms in total. The third-order valence-electron chi connectivity index (χ3n) is 2.02. The molecule has 0 saturated heterocycles. The lowest BCUT2D eigenvalue weighted by Gasteiger charge is -2.17. The number of hydrazine groups is 1. The first-order valence-corrected chi connectivity index (χ1v) is 4.24. The van der Waals surface area contributed by atoms with Crippen LogP contribution >= 0.6 is 0 Å². The standard InChI is InChI=1S/C10H14N2O2/c1-7-5-4-6-8(12(2)11)9(7)10(13)14-3/h4-6H,11H2,1-3H3. The third-order valence-corrected chi connectivity index (χ3v) is 2.02. The van der Waals surface area contributed by atoms with Gasteiger partial charge in [-0.05, 0) is 18.6 Å². The van der Waals surface area contributed by atoms with Crippen molar-refractivity contribution in [3.8, 4) is 0 Å². The van der Waals surface area contributed by atoms with Gasteiger partial charge in [-0.15, -0.1) is 0 Å². The molecule has 0 amide bonds. The Labute approximate surface area is 83.2 Å². The van der Waals surface area contributed by atoms with E-state index in [0.717, 1.165) is 5.56 Å². The summed E-state index contributed by atoms with van der Waals surface area (Å²) in [4.78, 5) is 11.5. The Morgan fingerprint density at radius 1 is 1.50 bits per heavy atom. The first kappa shape index (κ1) is 10.5. The summed E-state index contributed by atoms with van der Waals surface area (Å²) in [6, 6.07) is 5.47. The number of esters is 1. The van der Waals surface area contributed by atoms with Crippen LogP contribution in [-0.4, -0.2) is 20.1 Å². The van der Waals surface area contributed by atoms with Gasteiger partial charge in [0.2, 0.25) is 0 Å². The lowest BCUT2D eigenvalue weighted by atomic mass is 10.1. The van der Waals surface area contributed by atoms with Gasteiger partial charge in [-0.2, -0.15) is 0 Å². The predicted octanol–water partition coefficient (Wildman–Crippen LogP) is 1.09. The molecule has 1 rings (SSSR count). The minimum atomic E-state index is -0.365. The van der Waals surface area contributed by atoms with E-state index in [-0.39, 0.29) is 5.97 Å². The fourth-order valence-electron chi connectivity index (χ4n) is 1.31. The number of nitrogens with zero attached hydrogens (tertiary/aromatic N) is 1. The Bertz CT molecular complexity index is 348. The molecular weight excluding hydrogens is 180 g/mol. The van der Waals surface area contributed by atoms with Crippen LogP contribution in [0.1, 0.15) is 15.9 Å². The van der Waals surface area contributed by atoms with Crippen LogP contribution in [0.5, 0.6) is 0 Å². The highest BCUT2D eigenvalue weighted by atomic mass is 16.5. The fourth-order valence-corrected chi connectivity index (χ4v) is 1.31. The molecule has 0 heterocycles. The normalized spacial score (nSPS) is 9.71. The monoisotopic (exact) mass is 194 g/mol. The molecule has 1 aromatic rings. The molecule has 0 radical (unpaired) electrons. The zero-order valence-electron chi connectivity index (χ0n) is 8.57. The van der Waals surface area contributed by atoms with Crippen LogP contribution in [-0.2, 0) is 4.74 Å². The van der Waals surface area contributed by atoms with Gasteiger partial charge in [-0.25, -0.2) is 10.6 Å². The number of carbonyl (C=O) groups is 1. The molecule has 0 unspecified atom stereocenters. The quantitative estimate of drug-likeness (QED) is 0.435. The van der Waals surface area contributed by atoms with E-state index in [1.807, 2.05) is 19.1 Å². The first-order chi connectivity index (χ1) is 6.57. The van der Waals surface area contributed by atoms with Crippen LogP contribution in [0.3, 0.4) is 0 Å². The van der Waals surface area contributed by atoms with E-state index in [9.17, 15) is 4.79 Å². The van der Waals surface area contributed by atoms with Crippen molar-refractivity contribution in [2.45, 2.75) is 6.92 Å². The van der Waals surface area contributed by atoms with Gasteiger partial charge in [-0.1, -0.05) is 12.1 Å². The number of ether oxygens (including phenoxy) is 1. The first-order valence-electron chi connectivity index (χ1n) is 4.24. The van der Waals surface area contributed by atoms with Gasteiger partial charge in [0.05, 0.1) is 18.4 Å². The van der Waals surface area contributed by atoms with Crippen molar-refractivity contribution in [3.05, 3.63) is 29.3 Å². The average Bonchev–Trinajstić information content (AvgIpc) is 2.16. The molecule has 4 heteroatoms. The molecule has 14 heavy (non-hydrogen) atoms. The molecule has 0 aliphatic carbocycles. The lowest BCUT2D eigenvalue weighted by Crippen LogP contribution is -2.27. The molecule has 0 spiro atoms. The van der Waals surface area contributed by atoms with E-state index in [1.165, 1.54) is 12.1 Å². The number of hydrogen-bond acceptors (Lipinski definition) is 4. The zero-order valence-corrected chi connectivity index (χ0v) is 8.57. The molecule has 0 atom stereocenters. The minimum absolute atomic E-state index is 0.365. The van der Waals surface area contributed by atoms with Crippen molar-refractivity contribution in [3.63, 3.8) is 0 Å². The SMILES string of the molecule is COC(=O)c1c(C)cccc1N(C)N. The summed E-state index contributed by atoms with van der Waals surface area (Å²) in [6.45, 7) is 1.85.